The number of benzene rings is 2. The van der Waals surface area contributed by atoms with Gasteiger partial charge in [-0.25, -0.2) is 0 Å². The molecule has 1 N–H and O–H groups in total. The van der Waals surface area contributed by atoms with Gasteiger partial charge in [-0.2, -0.15) is 0 Å². The van der Waals surface area contributed by atoms with Gasteiger partial charge in [-0.15, -0.1) is 0 Å². The fourth-order valence-electron chi connectivity index (χ4n) is 3.21. The van der Waals surface area contributed by atoms with Crippen LogP contribution in [-0.4, -0.2) is 35.9 Å². The Morgan fingerprint density at radius 3 is 2.41 bits per heavy atom. The lowest BCUT2D eigenvalue weighted by molar-refractivity contribution is -0.122. The van der Waals surface area contributed by atoms with Gasteiger partial charge in [0, 0.05) is 13.1 Å². The molecule has 0 saturated carbocycles. The van der Waals surface area contributed by atoms with Crippen molar-refractivity contribution < 1.29 is 14.3 Å². The van der Waals surface area contributed by atoms with Gasteiger partial charge in [-0.1, -0.05) is 30.3 Å². The zero-order chi connectivity index (χ0) is 19.2. The zero-order valence-electron chi connectivity index (χ0n) is 15.9. The number of nitrogens with zero attached hydrogens (tertiary/aromatic N) is 1. The predicted octanol–water partition coefficient (Wildman–Crippen LogP) is 4.03. The first-order valence-electron chi connectivity index (χ1n) is 9.47. The number of likely N-dealkylation sites (tertiary alicyclic amines) is 1. The molecule has 0 bridgehead atoms. The lowest BCUT2D eigenvalue weighted by Gasteiger charge is -2.27. The molecule has 5 heteroatoms. The Morgan fingerprint density at radius 1 is 1.00 bits per heavy atom. The van der Waals surface area contributed by atoms with Gasteiger partial charge < -0.3 is 15.0 Å². The average molecular weight is 366 g/mol. The van der Waals surface area contributed by atoms with E-state index in [9.17, 15) is 9.59 Å². The Balaban J connectivity index is 1.70. The summed E-state index contributed by atoms with van der Waals surface area (Å²) in [6, 6.07) is 14.7. The number of nitrogens with one attached hydrogen (secondary N) is 1. The van der Waals surface area contributed by atoms with Crippen molar-refractivity contribution in [2.24, 2.45) is 0 Å². The van der Waals surface area contributed by atoms with Crippen LogP contribution in [0.1, 0.15) is 42.1 Å². The standard InChI is InChI=1S/C22H26N2O3/c1-16-10-4-7-13-20(16)27-17(2)21(25)23-19-12-6-5-11-18(19)22(26)24-14-8-3-9-15-24/h4-7,10-13,17H,3,8-9,14-15H2,1-2H3,(H,23,25). The van der Waals surface area contributed by atoms with Crippen LogP contribution >= 0.6 is 0 Å². The van der Waals surface area contributed by atoms with Crippen molar-refractivity contribution in [2.75, 3.05) is 18.4 Å². The number of ether oxygens (including phenoxy) is 1. The van der Waals surface area contributed by atoms with Crippen molar-refractivity contribution in [2.45, 2.75) is 39.2 Å². The molecule has 1 aliphatic heterocycles. The first-order valence-corrected chi connectivity index (χ1v) is 9.47. The van der Waals surface area contributed by atoms with Crippen LogP contribution < -0.4 is 10.1 Å². The van der Waals surface area contributed by atoms with E-state index in [0.29, 0.717) is 17.0 Å². The molecule has 2 amide bonds. The lowest BCUT2D eigenvalue weighted by atomic mass is 10.1. The van der Waals surface area contributed by atoms with Gasteiger partial charge in [-0.05, 0) is 56.9 Å². The van der Waals surface area contributed by atoms with Crippen molar-refractivity contribution in [1.29, 1.82) is 0 Å². The van der Waals surface area contributed by atoms with E-state index in [1.165, 1.54) is 0 Å². The summed E-state index contributed by atoms with van der Waals surface area (Å²) in [4.78, 5) is 27.3. The second kappa shape index (κ2) is 8.71. The maximum atomic E-state index is 12.9. The van der Waals surface area contributed by atoms with Crippen LogP contribution in [-0.2, 0) is 4.79 Å². The third kappa shape index (κ3) is 4.67. The Morgan fingerprint density at radius 2 is 1.67 bits per heavy atom. The van der Waals surface area contributed by atoms with E-state index in [1.807, 2.05) is 48.2 Å². The van der Waals surface area contributed by atoms with Crippen LogP contribution in [0.2, 0.25) is 0 Å². The molecular formula is C22H26N2O3. The molecule has 142 valence electrons. The van der Waals surface area contributed by atoms with E-state index in [0.717, 1.165) is 37.9 Å². The molecule has 1 saturated heterocycles. The summed E-state index contributed by atoms with van der Waals surface area (Å²) in [6.45, 7) is 5.19. The number of hydrogen-bond donors (Lipinski definition) is 1. The molecule has 0 radical (unpaired) electrons. The SMILES string of the molecule is Cc1ccccc1OC(C)C(=O)Nc1ccccc1C(=O)N1CCCCC1. The van der Waals surface area contributed by atoms with Crippen LogP contribution in [0.15, 0.2) is 48.5 Å². The summed E-state index contributed by atoms with van der Waals surface area (Å²) in [5, 5.41) is 2.86. The number of carbonyl (C=O) groups is 2. The molecule has 1 atom stereocenters. The van der Waals surface area contributed by atoms with Crippen LogP contribution in [0, 0.1) is 6.92 Å². The van der Waals surface area contributed by atoms with Gasteiger partial charge in [-0.3, -0.25) is 9.59 Å². The van der Waals surface area contributed by atoms with E-state index in [-0.39, 0.29) is 11.8 Å². The molecule has 0 aromatic heterocycles. The first kappa shape index (κ1) is 19.0. The van der Waals surface area contributed by atoms with Crippen molar-refractivity contribution in [3.63, 3.8) is 0 Å². The Bertz CT molecular complexity index is 813. The highest BCUT2D eigenvalue weighted by Crippen LogP contribution is 2.22. The summed E-state index contributed by atoms with van der Waals surface area (Å²) in [6.07, 6.45) is 2.54. The largest absolute Gasteiger partial charge is 0.481 e. The van der Waals surface area contributed by atoms with Gasteiger partial charge in [0.25, 0.3) is 11.8 Å². The number of anilines is 1. The lowest BCUT2D eigenvalue weighted by Crippen LogP contribution is -2.36. The van der Waals surface area contributed by atoms with Crippen molar-refractivity contribution in [3.8, 4) is 5.75 Å². The summed E-state index contributed by atoms with van der Waals surface area (Å²) >= 11 is 0. The molecule has 2 aromatic rings. The van der Waals surface area contributed by atoms with Crippen molar-refractivity contribution in [3.05, 3.63) is 59.7 Å². The second-order valence-electron chi connectivity index (χ2n) is 6.91. The molecule has 0 spiro atoms. The maximum absolute atomic E-state index is 12.9. The number of carbonyl (C=O) groups excluding carboxylic acids is 2. The number of amides is 2. The monoisotopic (exact) mass is 366 g/mol. The smallest absolute Gasteiger partial charge is 0.265 e. The van der Waals surface area contributed by atoms with Gasteiger partial charge in [0.1, 0.15) is 5.75 Å². The van der Waals surface area contributed by atoms with Crippen LogP contribution in [0.25, 0.3) is 0 Å². The molecule has 2 aromatic carbocycles. The van der Waals surface area contributed by atoms with E-state index in [2.05, 4.69) is 5.32 Å². The Labute approximate surface area is 160 Å². The topological polar surface area (TPSA) is 58.6 Å². The predicted molar refractivity (Wildman–Crippen MR) is 106 cm³/mol. The van der Waals surface area contributed by atoms with Gasteiger partial charge in [0.2, 0.25) is 0 Å². The summed E-state index contributed by atoms with van der Waals surface area (Å²) < 4.78 is 5.79. The normalized spacial score (nSPS) is 15.1. The minimum atomic E-state index is -0.677. The molecule has 5 nitrogen and oxygen atoms in total. The van der Waals surface area contributed by atoms with Crippen LogP contribution in [0.4, 0.5) is 5.69 Å². The average Bonchev–Trinajstić information content (AvgIpc) is 2.70. The Hall–Kier alpha value is -2.82. The molecule has 1 fully saturated rings. The van der Waals surface area contributed by atoms with Gasteiger partial charge in [0.05, 0.1) is 11.3 Å². The molecular weight excluding hydrogens is 340 g/mol. The number of piperidine rings is 1. The van der Waals surface area contributed by atoms with E-state index in [1.54, 1.807) is 19.1 Å². The van der Waals surface area contributed by atoms with Crippen LogP contribution in [0.5, 0.6) is 5.75 Å². The third-order valence-corrected chi connectivity index (χ3v) is 4.83. The number of rotatable bonds is 5. The maximum Gasteiger partial charge on any atom is 0.265 e. The molecule has 3 rings (SSSR count). The van der Waals surface area contributed by atoms with E-state index < -0.39 is 6.10 Å². The third-order valence-electron chi connectivity index (χ3n) is 4.83. The van der Waals surface area contributed by atoms with Crippen LogP contribution in [0.3, 0.4) is 0 Å². The molecule has 27 heavy (non-hydrogen) atoms. The summed E-state index contributed by atoms with van der Waals surface area (Å²) in [7, 11) is 0. The summed E-state index contributed by atoms with van der Waals surface area (Å²) in [5.74, 6) is 0.369. The highest BCUT2D eigenvalue weighted by molar-refractivity contribution is 6.04. The highest BCUT2D eigenvalue weighted by atomic mass is 16.5. The van der Waals surface area contributed by atoms with Gasteiger partial charge in [0.15, 0.2) is 6.10 Å². The molecule has 0 aliphatic carbocycles. The molecule has 1 unspecified atom stereocenters. The quantitative estimate of drug-likeness (QED) is 0.869. The first-order chi connectivity index (χ1) is 13.1. The fraction of sp³-hybridized carbons (Fsp3) is 0.364. The zero-order valence-corrected chi connectivity index (χ0v) is 15.9. The number of aryl methyl sites for hydroxylation is 1. The second-order valence-corrected chi connectivity index (χ2v) is 6.91. The minimum Gasteiger partial charge on any atom is -0.481 e. The molecule has 1 aliphatic rings. The van der Waals surface area contributed by atoms with Gasteiger partial charge >= 0.3 is 0 Å². The highest BCUT2D eigenvalue weighted by Gasteiger charge is 2.23. The Kier molecular flexibility index (Phi) is 6.12. The number of hydrogen-bond acceptors (Lipinski definition) is 3. The van der Waals surface area contributed by atoms with E-state index in [4.69, 9.17) is 4.74 Å². The fourth-order valence-corrected chi connectivity index (χ4v) is 3.21. The van der Waals surface area contributed by atoms with E-state index >= 15 is 0 Å². The van der Waals surface area contributed by atoms with Crippen molar-refractivity contribution in [1.82, 2.24) is 4.90 Å². The summed E-state index contributed by atoms with van der Waals surface area (Å²) in [5.41, 5.74) is 2.02. The van der Waals surface area contributed by atoms with Crippen molar-refractivity contribution >= 4 is 17.5 Å². The molecule has 1 heterocycles. The minimum absolute atomic E-state index is 0.0296. The number of para-hydroxylation sites is 2.